The van der Waals surface area contributed by atoms with E-state index in [0.29, 0.717) is 28.2 Å². The molecule has 2 aromatic carbocycles. The molecule has 3 N–H and O–H groups in total. The molecule has 106 valence electrons. The Morgan fingerprint density at radius 3 is 2.62 bits per heavy atom. The highest BCUT2D eigenvalue weighted by molar-refractivity contribution is 5.93. The number of phenols is 2. The number of nitrogens with one attached hydrogen (secondary N) is 1. The van der Waals surface area contributed by atoms with E-state index in [1.165, 1.54) is 19.5 Å². The second-order valence-corrected chi connectivity index (χ2v) is 4.41. The van der Waals surface area contributed by atoms with Gasteiger partial charge in [-0.1, -0.05) is 12.1 Å². The van der Waals surface area contributed by atoms with Crippen molar-refractivity contribution in [1.29, 1.82) is 0 Å². The van der Waals surface area contributed by atoms with E-state index in [1.54, 1.807) is 30.3 Å². The summed E-state index contributed by atoms with van der Waals surface area (Å²) < 4.78 is 5.10. The molecule has 3 rings (SSSR count). The minimum Gasteiger partial charge on any atom is -0.506 e. The highest BCUT2D eigenvalue weighted by atomic mass is 16.5. The number of aromatic hydroxyl groups is 2. The van der Waals surface area contributed by atoms with Crippen molar-refractivity contribution in [3.8, 4) is 17.2 Å². The molecule has 0 aliphatic rings. The van der Waals surface area contributed by atoms with Gasteiger partial charge in [-0.25, -0.2) is 9.97 Å². The Hall–Kier alpha value is -3.02. The third-order valence-electron chi connectivity index (χ3n) is 3.09. The molecule has 21 heavy (non-hydrogen) atoms. The van der Waals surface area contributed by atoms with Gasteiger partial charge in [0, 0.05) is 11.5 Å². The summed E-state index contributed by atoms with van der Waals surface area (Å²) in [5.41, 5.74) is 1.10. The molecule has 0 spiro atoms. The number of phenolic OH excluding ortho intramolecular Hbond substituents is 2. The van der Waals surface area contributed by atoms with Crippen LogP contribution in [0.5, 0.6) is 17.2 Å². The Morgan fingerprint density at radius 2 is 1.86 bits per heavy atom. The number of benzene rings is 2. The van der Waals surface area contributed by atoms with E-state index in [0.717, 1.165) is 0 Å². The number of fused-ring (bicyclic) bond motifs is 1. The topological polar surface area (TPSA) is 87.5 Å². The number of anilines is 2. The minimum absolute atomic E-state index is 0.0113. The number of nitrogens with zero attached hydrogens (tertiary/aromatic N) is 2. The minimum atomic E-state index is 0.0113. The number of methoxy groups -OCH3 is 1. The van der Waals surface area contributed by atoms with E-state index < -0.39 is 0 Å². The van der Waals surface area contributed by atoms with Crippen molar-refractivity contribution in [2.45, 2.75) is 0 Å². The van der Waals surface area contributed by atoms with Gasteiger partial charge in [-0.2, -0.15) is 0 Å². The van der Waals surface area contributed by atoms with Gasteiger partial charge in [0.2, 0.25) is 0 Å². The number of para-hydroxylation sites is 2. The van der Waals surface area contributed by atoms with E-state index in [9.17, 15) is 10.2 Å². The average Bonchev–Trinajstić information content (AvgIpc) is 2.49. The molecule has 0 aliphatic carbocycles. The Labute approximate surface area is 120 Å². The Balaban J connectivity index is 2.12. The Bertz CT molecular complexity index is 805. The fourth-order valence-electron chi connectivity index (χ4n) is 2.04. The number of ether oxygens (including phenoxy) is 1. The fourth-order valence-corrected chi connectivity index (χ4v) is 2.04. The summed E-state index contributed by atoms with van der Waals surface area (Å²) in [6.07, 6.45) is 1.39. The maximum atomic E-state index is 9.82. The van der Waals surface area contributed by atoms with Crippen molar-refractivity contribution < 1.29 is 14.9 Å². The summed E-state index contributed by atoms with van der Waals surface area (Å²) in [4.78, 5) is 8.29. The smallest absolute Gasteiger partial charge is 0.161 e. The molecule has 1 heterocycles. The molecule has 0 radical (unpaired) electrons. The van der Waals surface area contributed by atoms with Crippen molar-refractivity contribution in [3.05, 3.63) is 42.7 Å². The van der Waals surface area contributed by atoms with Crippen LogP contribution in [-0.4, -0.2) is 27.3 Å². The summed E-state index contributed by atoms with van der Waals surface area (Å²) in [6, 6.07) is 10.0. The third kappa shape index (κ3) is 2.38. The van der Waals surface area contributed by atoms with Crippen molar-refractivity contribution in [3.63, 3.8) is 0 Å². The van der Waals surface area contributed by atoms with Crippen molar-refractivity contribution in [1.82, 2.24) is 9.97 Å². The zero-order chi connectivity index (χ0) is 14.8. The lowest BCUT2D eigenvalue weighted by atomic mass is 10.2. The van der Waals surface area contributed by atoms with Crippen LogP contribution in [-0.2, 0) is 0 Å². The summed E-state index contributed by atoms with van der Waals surface area (Å²) in [5, 5.41) is 23.3. The first-order valence-corrected chi connectivity index (χ1v) is 6.26. The van der Waals surface area contributed by atoms with Crippen molar-refractivity contribution in [2.75, 3.05) is 12.4 Å². The molecule has 0 aliphatic heterocycles. The number of hydrogen-bond acceptors (Lipinski definition) is 6. The van der Waals surface area contributed by atoms with Crippen LogP contribution in [0.3, 0.4) is 0 Å². The molecular weight excluding hydrogens is 270 g/mol. The van der Waals surface area contributed by atoms with E-state index in [1.807, 2.05) is 0 Å². The van der Waals surface area contributed by atoms with Crippen molar-refractivity contribution >= 4 is 22.4 Å². The summed E-state index contributed by atoms with van der Waals surface area (Å²) in [6.45, 7) is 0. The van der Waals surface area contributed by atoms with E-state index in [2.05, 4.69) is 15.3 Å². The molecule has 6 nitrogen and oxygen atoms in total. The standard InChI is InChI=1S/C15H13N3O3/c1-21-14-6-9-11(7-13(14)20)16-8-17-15(9)18-10-4-2-3-5-12(10)19/h2-8,19-20H,1H3,(H,16,17,18). The highest BCUT2D eigenvalue weighted by Crippen LogP contribution is 2.34. The summed E-state index contributed by atoms with van der Waals surface area (Å²) >= 11 is 0. The normalized spacial score (nSPS) is 10.5. The fraction of sp³-hybridized carbons (Fsp3) is 0.0667. The van der Waals surface area contributed by atoms with Crippen LogP contribution in [0.1, 0.15) is 0 Å². The molecule has 3 aromatic rings. The monoisotopic (exact) mass is 283 g/mol. The SMILES string of the molecule is COc1cc2c(Nc3ccccc3O)ncnc2cc1O. The molecule has 0 saturated heterocycles. The lowest BCUT2D eigenvalue weighted by Gasteiger charge is -2.11. The lowest BCUT2D eigenvalue weighted by Crippen LogP contribution is -1.97. The van der Waals surface area contributed by atoms with E-state index >= 15 is 0 Å². The molecular formula is C15H13N3O3. The molecule has 0 atom stereocenters. The van der Waals surface area contributed by atoms with E-state index in [4.69, 9.17) is 4.74 Å². The molecule has 6 heteroatoms. The molecule has 0 saturated carbocycles. The molecule has 0 bridgehead atoms. The van der Waals surface area contributed by atoms with Crippen LogP contribution < -0.4 is 10.1 Å². The average molecular weight is 283 g/mol. The second kappa shape index (κ2) is 5.16. The molecule has 0 unspecified atom stereocenters. The first-order valence-electron chi connectivity index (χ1n) is 6.26. The van der Waals surface area contributed by atoms with Crippen LogP contribution in [0, 0.1) is 0 Å². The summed E-state index contributed by atoms with van der Waals surface area (Å²) in [7, 11) is 1.47. The molecule has 1 aromatic heterocycles. The molecule has 0 amide bonds. The lowest BCUT2D eigenvalue weighted by molar-refractivity contribution is 0.374. The molecule has 0 fully saturated rings. The predicted octanol–water partition coefficient (Wildman–Crippen LogP) is 2.79. The predicted molar refractivity (Wildman–Crippen MR) is 79.1 cm³/mol. The number of rotatable bonds is 3. The second-order valence-electron chi connectivity index (χ2n) is 4.41. The van der Waals surface area contributed by atoms with Gasteiger partial charge in [-0.05, 0) is 18.2 Å². The largest absolute Gasteiger partial charge is 0.506 e. The number of hydrogen-bond donors (Lipinski definition) is 3. The quantitative estimate of drug-likeness (QED) is 0.641. The van der Waals surface area contributed by atoms with Crippen LogP contribution in [0.2, 0.25) is 0 Å². The van der Waals surface area contributed by atoms with Gasteiger partial charge >= 0.3 is 0 Å². The highest BCUT2D eigenvalue weighted by Gasteiger charge is 2.10. The first kappa shape index (κ1) is 13.0. The zero-order valence-corrected chi connectivity index (χ0v) is 11.2. The number of aromatic nitrogens is 2. The van der Waals surface area contributed by atoms with Crippen molar-refractivity contribution in [2.24, 2.45) is 0 Å². The van der Waals surface area contributed by atoms with Crippen LogP contribution in [0.4, 0.5) is 11.5 Å². The zero-order valence-electron chi connectivity index (χ0n) is 11.2. The first-order chi connectivity index (χ1) is 10.2. The maximum absolute atomic E-state index is 9.82. The van der Waals surface area contributed by atoms with Gasteiger partial charge < -0.3 is 20.3 Å². The third-order valence-corrected chi connectivity index (χ3v) is 3.09. The van der Waals surface area contributed by atoms with E-state index in [-0.39, 0.29) is 11.5 Å². The Kier molecular flexibility index (Phi) is 3.19. The summed E-state index contributed by atoms with van der Waals surface area (Å²) in [5.74, 6) is 0.977. The Morgan fingerprint density at radius 1 is 1.05 bits per heavy atom. The van der Waals surface area contributed by atoms with Gasteiger partial charge in [-0.3, -0.25) is 0 Å². The van der Waals surface area contributed by atoms with Gasteiger partial charge in [0.25, 0.3) is 0 Å². The van der Waals surface area contributed by atoms with Gasteiger partial charge in [0.15, 0.2) is 11.5 Å². The maximum Gasteiger partial charge on any atom is 0.161 e. The van der Waals surface area contributed by atoms with Crippen LogP contribution >= 0.6 is 0 Å². The van der Waals surface area contributed by atoms with Crippen LogP contribution in [0.25, 0.3) is 10.9 Å². The van der Waals surface area contributed by atoms with Crippen LogP contribution in [0.15, 0.2) is 42.7 Å². The van der Waals surface area contributed by atoms with Gasteiger partial charge in [0.05, 0.1) is 18.3 Å². The van der Waals surface area contributed by atoms with Gasteiger partial charge in [-0.15, -0.1) is 0 Å². The van der Waals surface area contributed by atoms with Gasteiger partial charge in [0.1, 0.15) is 17.9 Å².